The lowest BCUT2D eigenvalue weighted by Gasteiger charge is -2.14. The van der Waals surface area contributed by atoms with Gasteiger partial charge in [-0.1, -0.05) is 12.1 Å². The van der Waals surface area contributed by atoms with Crippen molar-refractivity contribution in [3.63, 3.8) is 0 Å². The van der Waals surface area contributed by atoms with E-state index in [1.54, 1.807) is 24.3 Å². The number of aromatic nitrogens is 1. The van der Waals surface area contributed by atoms with E-state index in [2.05, 4.69) is 5.32 Å². The largest absolute Gasteiger partial charge is 0.483 e. The number of aliphatic hydroxyl groups is 1. The van der Waals surface area contributed by atoms with Crippen molar-refractivity contribution in [3.8, 4) is 5.75 Å². The van der Waals surface area contributed by atoms with Gasteiger partial charge in [-0.2, -0.15) is 0 Å². The van der Waals surface area contributed by atoms with Crippen molar-refractivity contribution in [1.29, 1.82) is 0 Å². The van der Waals surface area contributed by atoms with E-state index < -0.39 is 12.0 Å². The van der Waals surface area contributed by atoms with Crippen molar-refractivity contribution in [1.82, 2.24) is 9.88 Å². The minimum atomic E-state index is -0.418. The summed E-state index contributed by atoms with van der Waals surface area (Å²) in [6, 6.07) is 10.4. The molecule has 0 unspecified atom stereocenters. The topological polar surface area (TPSA) is 93.7 Å². The molecule has 0 fully saturated rings. The lowest BCUT2D eigenvalue weighted by molar-refractivity contribution is -0.122. The number of furan rings is 1. The number of carbonyl (C=O) groups is 1. The van der Waals surface area contributed by atoms with E-state index in [4.69, 9.17) is 9.15 Å². The molecular formula is C20H19FN2O5. The van der Waals surface area contributed by atoms with Gasteiger partial charge in [0.05, 0.1) is 25.6 Å². The molecule has 8 heteroatoms. The fourth-order valence-electron chi connectivity index (χ4n) is 2.54. The maximum Gasteiger partial charge on any atom is 0.240 e. The number of nitrogens with one attached hydrogen (secondary N) is 1. The summed E-state index contributed by atoms with van der Waals surface area (Å²) in [6.07, 6.45) is 2.89. The zero-order valence-electron chi connectivity index (χ0n) is 14.9. The van der Waals surface area contributed by atoms with Gasteiger partial charge in [0.15, 0.2) is 5.75 Å². The normalized spacial score (nSPS) is 10.6. The molecule has 28 heavy (non-hydrogen) atoms. The number of amides is 1. The molecule has 3 rings (SSSR count). The molecular weight excluding hydrogens is 367 g/mol. The summed E-state index contributed by atoms with van der Waals surface area (Å²) in [7, 11) is 0. The first-order valence-corrected chi connectivity index (χ1v) is 8.55. The average Bonchev–Trinajstić information content (AvgIpc) is 3.21. The summed E-state index contributed by atoms with van der Waals surface area (Å²) in [4.78, 5) is 24.3. The Balaban J connectivity index is 1.69. The van der Waals surface area contributed by atoms with Gasteiger partial charge in [0.25, 0.3) is 0 Å². The molecule has 0 spiro atoms. The van der Waals surface area contributed by atoms with E-state index in [1.807, 2.05) is 0 Å². The molecule has 0 aliphatic heterocycles. The molecule has 0 saturated heterocycles. The highest BCUT2D eigenvalue weighted by Crippen LogP contribution is 2.11. The van der Waals surface area contributed by atoms with Gasteiger partial charge in [-0.05, 0) is 29.8 Å². The van der Waals surface area contributed by atoms with Crippen LogP contribution in [0.3, 0.4) is 0 Å². The second kappa shape index (κ2) is 9.01. The van der Waals surface area contributed by atoms with Crippen LogP contribution in [0.1, 0.15) is 17.0 Å². The molecule has 0 atom stereocenters. The van der Waals surface area contributed by atoms with Crippen LogP contribution in [0.15, 0.2) is 64.1 Å². The highest BCUT2D eigenvalue weighted by molar-refractivity contribution is 5.75. The molecule has 0 saturated carbocycles. The molecule has 2 N–H and O–H groups in total. The molecule has 3 aromatic rings. The Bertz CT molecular complexity index is 981. The number of carbonyl (C=O) groups excluding carboxylic acids is 1. The summed E-state index contributed by atoms with van der Waals surface area (Å²) < 4.78 is 25.1. The summed E-state index contributed by atoms with van der Waals surface area (Å²) >= 11 is 0. The van der Waals surface area contributed by atoms with Gasteiger partial charge in [0.2, 0.25) is 11.3 Å². The van der Waals surface area contributed by atoms with Crippen LogP contribution in [-0.2, 0) is 31.1 Å². The van der Waals surface area contributed by atoms with Gasteiger partial charge in [-0.3, -0.25) is 9.59 Å². The molecule has 2 aromatic heterocycles. The van der Waals surface area contributed by atoms with Crippen LogP contribution in [0.25, 0.3) is 0 Å². The number of halogens is 1. The fraction of sp³-hybridized carbons (Fsp3) is 0.200. The lowest BCUT2D eigenvalue weighted by Crippen LogP contribution is -2.28. The smallest absolute Gasteiger partial charge is 0.240 e. The summed E-state index contributed by atoms with van der Waals surface area (Å²) in [5.74, 6) is -0.0440. The number of hydrogen-bond acceptors (Lipinski definition) is 5. The van der Waals surface area contributed by atoms with Crippen molar-refractivity contribution in [2.45, 2.75) is 26.3 Å². The zero-order chi connectivity index (χ0) is 19.9. The maximum absolute atomic E-state index is 13.0. The molecule has 0 aliphatic rings. The fourth-order valence-corrected chi connectivity index (χ4v) is 2.54. The van der Waals surface area contributed by atoms with Crippen LogP contribution in [0.2, 0.25) is 0 Å². The number of aliphatic hydroxyl groups excluding tert-OH is 1. The second-order valence-electron chi connectivity index (χ2n) is 6.05. The van der Waals surface area contributed by atoms with E-state index in [-0.39, 0.29) is 42.9 Å². The number of nitrogens with zero attached hydrogens (tertiary/aromatic N) is 1. The van der Waals surface area contributed by atoms with Crippen LogP contribution < -0.4 is 15.5 Å². The Morgan fingerprint density at radius 1 is 1.25 bits per heavy atom. The molecule has 2 heterocycles. The SMILES string of the molecule is O=C(Cn1cc(OCc2ccc(F)cc2)c(=O)cc1CO)NCc1ccco1. The maximum atomic E-state index is 13.0. The lowest BCUT2D eigenvalue weighted by atomic mass is 10.2. The van der Waals surface area contributed by atoms with E-state index >= 15 is 0 Å². The molecule has 0 aliphatic carbocycles. The molecule has 0 radical (unpaired) electrons. The first kappa shape index (κ1) is 19.4. The Labute approximate surface area is 160 Å². The standard InChI is InChI=1S/C20H19FN2O5/c21-15-5-3-14(4-6-15)13-28-19-10-23(16(12-24)8-18(19)25)11-20(26)22-9-17-2-1-7-27-17/h1-8,10,24H,9,11-13H2,(H,22,26). The molecule has 1 amide bonds. The summed E-state index contributed by atoms with van der Waals surface area (Å²) in [6.45, 7) is -0.212. The van der Waals surface area contributed by atoms with Crippen LogP contribution >= 0.6 is 0 Å². The number of benzene rings is 1. The molecule has 146 valence electrons. The number of pyridine rings is 1. The number of ether oxygens (including phenoxy) is 1. The third kappa shape index (κ3) is 5.08. The van der Waals surface area contributed by atoms with Gasteiger partial charge in [-0.25, -0.2) is 4.39 Å². The first-order chi connectivity index (χ1) is 13.5. The van der Waals surface area contributed by atoms with E-state index in [1.165, 1.54) is 35.2 Å². The predicted molar refractivity (Wildman–Crippen MR) is 97.9 cm³/mol. The first-order valence-electron chi connectivity index (χ1n) is 8.55. The van der Waals surface area contributed by atoms with Crippen molar-refractivity contribution in [2.24, 2.45) is 0 Å². The Hall–Kier alpha value is -3.39. The summed E-state index contributed by atoms with van der Waals surface area (Å²) in [5.41, 5.74) is 0.556. The second-order valence-corrected chi connectivity index (χ2v) is 6.05. The van der Waals surface area contributed by atoms with Crippen molar-refractivity contribution >= 4 is 5.91 Å². The van der Waals surface area contributed by atoms with Crippen LogP contribution in [0.4, 0.5) is 4.39 Å². The predicted octanol–water partition coefficient (Wildman–Crippen LogP) is 1.97. The average molecular weight is 386 g/mol. The van der Waals surface area contributed by atoms with Crippen molar-refractivity contribution in [3.05, 3.63) is 88.0 Å². The Kier molecular flexibility index (Phi) is 6.23. The van der Waals surface area contributed by atoms with Crippen LogP contribution in [0, 0.1) is 5.82 Å². The van der Waals surface area contributed by atoms with Gasteiger partial charge < -0.3 is 24.1 Å². The van der Waals surface area contributed by atoms with Gasteiger partial charge >= 0.3 is 0 Å². The van der Waals surface area contributed by atoms with E-state index in [9.17, 15) is 19.1 Å². The molecule has 0 bridgehead atoms. The molecule has 1 aromatic carbocycles. The monoisotopic (exact) mass is 386 g/mol. The highest BCUT2D eigenvalue weighted by atomic mass is 19.1. The number of rotatable bonds is 8. The Morgan fingerprint density at radius 2 is 2.04 bits per heavy atom. The quantitative estimate of drug-likeness (QED) is 0.617. The van der Waals surface area contributed by atoms with Gasteiger partial charge in [0.1, 0.15) is 24.7 Å². The zero-order valence-corrected chi connectivity index (χ0v) is 14.9. The minimum absolute atomic E-state index is 0.0281. The minimum Gasteiger partial charge on any atom is -0.483 e. The highest BCUT2D eigenvalue weighted by Gasteiger charge is 2.11. The summed E-state index contributed by atoms with van der Waals surface area (Å²) in [5, 5.41) is 12.2. The Morgan fingerprint density at radius 3 is 2.71 bits per heavy atom. The van der Waals surface area contributed by atoms with Crippen LogP contribution in [0.5, 0.6) is 5.75 Å². The van der Waals surface area contributed by atoms with Gasteiger partial charge in [0, 0.05) is 11.8 Å². The third-order valence-electron chi connectivity index (χ3n) is 4.01. The van der Waals surface area contributed by atoms with Crippen LogP contribution in [-0.4, -0.2) is 15.6 Å². The third-order valence-corrected chi connectivity index (χ3v) is 4.01. The number of hydrogen-bond donors (Lipinski definition) is 2. The van der Waals surface area contributed by atoms with Gasteiger partial charge in [-0.15, -0.1) is 0 Å². The molecule has 7 nitrogen and oxygen atoms in total. The van der Waals surface area contributed by atoms with Crippen molar-refractivity contribution in [2.75, 3.05) is 0 Å². The van der Waals surface area contributed by atoms with E-state index in [0.717, 1.165) is 0 Å². The van der Waals surface area contributed by atoms with E-state index in [0.29, 0.717) is 11.3 Å². The van der Waals surface area contributed by atoms with Crippen molar-refractivity contribution < 1.29 is 23.4 Å².